The van der Waals surface area contributed by atoms with E-state index in [2.05, 4.69) is 10.2 Å². The van der Waals surface area contributed by atoms with Gasteiger partial charge in [-0.25, -0.2) is 10.3 Å². The molecule has 0 heterocycles. The molecule has 0 aromatic carbocycles. The molecule has 1 saturated carbocycles. The van der Waals surface area contributed by atoms with Gasteiger partial charge in [-0.2, -0.15) is 13.2 Å². The molecule has 94 valence electrons. The van der Waals surface area contributed by atoms with Crippen molar-refractivity contribution in [1.82, 2.24) is 10.8 Å². The largest absolute Gasteiger partial charge is 0.391 e. The van der Waals surface area contributed by atoms with Gasteiger partial charge >= 0.3 is 12.2 Å². The number of hydrogen-bond donors (Lipinski definition) is 2. The lowest BCUT2D eigenvalue weighted by Gasteiger charge is -2.30. The number of carbonyl (C=O) groups is 1. The Morgan fingerprint density at radius 3 is 2.62 bits per heavy atom. The van der Waals surface area contributed by atoms with Crippen LogP contribution in [0.25, 0.3) is 0 Å². The van der Waals surface area contributed by atoms with E-state index in [0.29, 0.717) is 12.8 Å². The number of carbonyl (C=O) groups excluding carboxylic acids is 1. The molecule has 0 radical (unpaired) electrons. The van der Waals surface area contributed by atoms with Gasteiger partial charge in [0.2, 0.25) is 0 Å². The van der Waals surface area contributed by atoms with Gasteiger partial charge in [0.1, 0.15) is 0 Å². The molecule has 1 aliphatic carbocycles. The average molecular weight is 240 g/mol. The van der Waals surface area contributed by atoms with E-state index < -0.39 is 24.2 Å². The maximum atomic E-state index is 12.4. The number of rotatable bonds is 2. The lowest BCUT2D eigenvalue weighted by Crippen LogP contribution is -2.45. The molecule has 2 amide bonds. The minimum Gasteiger partial charge on any atom is -0.334 e. The molecule has 0 aromatic heterocycles. The summed E-state index contributed by atoms with van der Waals surface area (Å²) in [5.41, 5.74) is 2.02. The summed E-state index contributed by atoms with van der Waals surface area (Å²) >= 11 is 0. The van der Waals surface area contributed by atoms with Crippen molar-refractivity contribution in [3.05, 3.63) is 0 Å². The number of hydrogen-bond acceptors (Lipinski definition) is 2. The van der Waals surface area contributed by atoms with Gasteiger partial charge in [0.05, 0.1) is 13.0 Å². The third kappa shape index (κ3) is 3.88. The number of nitrogens with one attached hydrogen (secondary N) is 2. The summed E-state index contributed by atoms with van der Waals surface area (Å²) in [6, 6.07) is -1.04. The highest BCUT2D eigenvalue weighted by atomic mass is 19.4. The zero-order chi connectivity index (χ0) is 12.2. The van der Waals surface area contributed by atoms with Gasteiger partial charge < -0.3 is 5.32 Å². The van der Waals surface area contributed by atoms with Crippen LogP contribution in [0.1, 0.15) is 25.7 Å². The highest BCUT2D eigenvalue weighted by Gasteiger charge is 2.42. The van der Waals surface area contributed by atoms with Crippen LogP contribution in [0, 0.1) is 5.92 Å². The smallest absolute Gasteiger partial charge is 0.334 e. The molecular formula is C9H15F3N2O2. The quantitative estimate of drug-likeness (QED) is 0.725. The SMILES string of the molecule is CONC(=O)N[C@@H]1CCC[C@H](C(F)(F)F)C1. The summed E-state index contributed by atoms with van der Waals surface area (Å²) in [4.78, 5) is 15.4. The van der Waals surface area contributed by atoms with Crippen LogP contribution in [0.3, 0.4) is 0 Å². The Kier molecular flexibility index (Phi) is 4.40. The highest BCUT2D eigenvalue weighted by Crippen LogP contribution is 2.37. The number of alkyl halides is 3. The van der Waals surface area contributed by atoms with Gasteiger partial charge in [0.25, 0.3) is 0 Å². The van der Waals surface area contributed by atoms with Crippen LogP contribution >= 0.6 is 0 Å². The summed E-state index contributed by atoms with van der Waals surface area (Å²) in [6.07, 6.45) is -3.03. The molecule has 16 heavy (non-hydrogen) atoms. The van der Waals surface area contributed by atoms with Gasteiger partial charge in [-0.05, 0) is 19.3 Å². The lowest BCUT2D eigenvalue weighted by molar-refractivity contribution is -0.183. The Labute approximate surface area is 91.5 Å². The minimum atomic E-state index is -4.17. The molecular weight excluding hydrogens is 225 g/mol. The first-order valence-electron chi connectivity index (χ1n) is 5.09. The molecule has 2 atom stereocenters. The Morgan fingerprint density at radius 2 is 2.06 bits per heavy atom. The van der Waals surface area contributed by atoms with Gasteiger partial charge in [-0.15, -0.1) is 0 Å². The molecule has 4 nitrogen and oxygen atoms in total. The molecule has 0 spiro atoms. The molecule has 0 unspecified atom stereocenters. The summed E-state index contributed by atoms with van der Waals surface area (Å²) in [6.45, 7) is 0. The summed E-state index contributed by atoms with van der Waals surface area (Å²) in [5.74, 6) is -1.31. The van der Waals surface area contributed by atoms with Crippen LogP contribution in [0.5, 0.6) is 0 Å². The third-order valence-corrected chi connectivity index (χ3v) is 2.67. The van der Waals surface area contributed by atoms with E-state index in [-0.39, 0.29) is 12.8 Å². The molecule has 2 N–H and O–H groups in total. The predicted molar refractivity (Wildman–Crippen MR) is 50.5 cm³/mol. The van der Waals surface area contributed by atoms with Crippen molar-refractivity contribution < 1.29 is 22.8 Å². The van der Waals surface area contributed by atoms with Crippen LogP contribution in [-0.4, -0.2) is 25.4 Å². The van der Waals surface area contributed by atoms with Crippen molar-refractivity contribution in [2.24, 2.45) is 5.92 Å². The fourth-order valence-corrected chi connectivity index (χ4v) is 1.93. The first-order chi connectivity index (χ1) is 7.43. The number of amides is 2. The normalized spacial score (nSPS) is 26.2. The fraction of sp³-hybridized carbons (Fsp3) is 0.889. The standard InChI is InChI=1S/C9H15F3N2O2/c1-16-14-8(15)13-7-4-2-3-6(5-7)9(10,11)12/h6-7H,2-5H2,1H3,(H2,13,14,15)/t6-,7+/m0/s1. The van der Waals surface area contributed by atoms with Crippen molar-refractivity contribution in [2.45, 2.75) is 37.9 Å². The zero-order valence-electron chi connectivity index (χ0n) is 8.93. The van der Waals surface area contributed by atoms with E-state index in [9.17, 15) is 18.0 Å². The second-order valence-electron chi connectivity index (χ2n) is 3.88. The minimum absolute atomic E-state index is 0.0549. The topological polar surface area (TPSA) is 50.4 Å². The predicted octanol–water partition coefficient (Wildman–Crippen LogP) is 1.97. The van der Waals surface area contributed by atoms with Crippen molar-refractivity contribution >= 4 is 6.03 Å². The van der Waals surface area contributed by atoms with Crippen LogP contribution < -0.4 is 10.8 Å². The maximum absolute atomic E-state index is 12.4. The molecule has 1 rings (SSSR count). The summed E-state index contributed by atoms with van der Waals surface area (Å²) in [5, 5.41) is 2.45. The van der Waals surface area contributed by atoms with E-state index in [1.165, 1.54) is 7.11 Å². The van der Waals surface area contributed by atoms with Crippen LogP contribution in [0.15, 0.2) is 0 Å². The molecule has 0 aliphatic heterocycles. The average Bonchev–Trinajstić information content (AvgIpc) is 2.17. The zero-order valence-corrected chi connectivity index (χ0v) is 8.93. The monoisotopic (exact) mass is 240 g/mol. The molecule has 0 aromatic rings. The van der Waals surface area contributed by atoms with Crippen molar-refractivity contribution in [3.8, 4) is 0 Å². The van der Waals surface area contributed by atoms with Gasteiger partial charge in [0.15, 0.2) is 0 Å². The van der Waals surface area contributed by atoms with Crippen LogP contribution in [0.4, 0.5) is 18.0 Å². The maximum Gasteiger partial charge on any atom is 0.391 e. The fourth-order valence-electron chi connectivity index (χ4n) is 1.93. The molecule has 7 heteroatoms. The Bertz CT molecular complexity index is 245. The van der Waals surface area contributed by atoms with E-state index in [1.54, 1.807) is 0 Å². The second kappa shape index (κ2) is 5.38. The van der Waals surface area contributed by atoms with Crippen LogP contribution in [-0.2, 0) is 4.84 Å². The Morgan fingerprint density at radius 1 is 1.38 bits per heavy atom. The van der Waals surface area contributed by atoms with Crippen molar-refractivity contribution in [3.63, 3.8) is 0 Å². The van der Waals surface area contributed by atoms with Gasteiger partial charge in [-0.3, -0.25) is 4.84 Å². The molecule has 1 fully saturated rings. The summed E-state index contributed by atoms with van der Waals surface area (Å²) in [7, 11) is 1.26. The highest BCUT2D eigenvalue weighted by molar-refractivity contribution is 5.72. The summed E-state index contributed by atoms with van der Waals surface area (Å²) < 4.78 is 37.3. The van der Waals surface area contributed by atoms with E-state index in [4.69, 9.17) is 0 Å². The van der Waals surface area contributed by atoms with E-state index in [0.717, 1.165) is 0 Å². The van der Waals surface area contributed by atoms with Crippen LogP contribution in [0.2, 0.25) is 0 Å². The van der Waals surface area contributed by atoms with E-state index >= 15 is 0 Å². The third-order valence-electron chi connectivity index (χ3n) is 2.67. The number of halogens is 3. The van der Waals surface area contributed by atoms with Gasteiger partial charge in [0, 0.05) is 6.04 Å². The van der Waals surface area contributed by atoms with Gasteiger partial charge in [-0.1, -0.05) is 6.42 Å². The number of urea groups is 1. The lowest BCUT2D eigenvalue weighted by atomic mass is 9.85. The molecule has 0 bridgehead atoms. The first-order valence-corrected chi connectivity index (χ1v) is 5.09. The Balaban J connectivity index is 2.42. The Hall–Kier alpha value is -0.980. The van der Waals surface area contributed by atoms with Crippen molar-refractivity contribution in [1.29, 1.82) is 0 Å². The molecule has 0 saturated heterocycles. The first kappa shape index (κ1) is 13.1. The number of hydroxylamine groups is 1. The van der Waals surface area contributed by atoms with E-state index in [1.807, 2.05) is 5.48 Å². The second-order valence-corrected chi connectivity index (χ2v) is 3.88. The van der Waals surface area contributed by atoms with Crippen molar-refractivity contribution in [2.75, 3.05) is 7.11 Å². The molecule has 1 aliphatic rings.